The van der Waals surface area contributed by atoms with E-state index in [1.165, 1.54) is 4.31 Å². The topological polar surface area (TPSA) is 88.9 Å². The number of methoxy groups -OCH3 is 1. The lowest BCUT2D eigenvalue weighted by Gasteiger charge is -2.28. The molecule has 9 heteroatoms. The van der Waals surface area contributed by atoms with Crippen LogP contribution in [0.5, 0.6) is 5.75 Å². The van der Waals surface area contributed by atoms with Gasteiger partial charge >= 0.3 is 0 Å². The number of benzene rings is 1. The van der Waals surface area contributed by atoms with Gasteiger partial charge in [0.05, 0.1) is 12.9 Å². The maximum Gasteiger partial charge on any atom is 0.287 e. The Balaban J connectivity index is 1.50. The number of hydrogen-bond donors (Lipinski definition) is 1. The van der Waals surface area contributed by atoms with Gasteiger partial charge in [-0.15, -0.1) is 0 Å². The molecule has 1 aliphatic heterocycles. The fourth-order valence-corrected chi connectivity index (χ4v) is 4.76. The third kappa shape index (κ3) is 4.91. The summed E-state index contributed by atoms with van der Waals surface area (Å²) in [6, 6.07) is 8.90. The molecule has 0 spiro atoms. The number of nitrogens with zero attached hydrogens (tertiary/aromatic N) is 1. The first kappa shape index (κ1) is 19.9. The van der Waals surface area contributed by atoms with Crippen LogP contribution in [0, 0.1) is 0 Å². The van der Waals surface area contributed by atoms with Crippen molar-refractivity contribution in [3.63, 3.8) is 0 Å². The van der Waals surface area contributed by atoms with Crippen molar-refractivity contribution in [2.75, 3.05) is 26.0 Å². The number of rotatable bonds is 7. The lowest BCUT2D eigenvalue weighted by atomic mass is 10.0. The van der Waals surface area contributed by atoms with E-state index in [0.29, 0.717) is 30.6 Å². The molecule has 146 valence electrons. The molecule has 1 aromatic carbocycles. The smallest absolute Gasteiger partial charge is 0.287 e. The standard InChI is InChI=1S/C18H21BrN2O5S/c1-25-15-4-3-14-12-21(9-7-13(14)11-15)27(23,24)10-2-8-20-18(22)16-5-6-17(19)26-16/h3-6,11H,2,7-10,12H2,1H3,(H,20,22). The van der Waals surface area contributed by atoms with E-state index in [1.54, 1.807) is 19.2 Å². The predicted octanol–water partition coefficient (Wildman–Crippen LogP) is 2.56. The molecule has 27 heavy (non-hydrogen) atoms. The van der Waals surface area contributed by atoms with Crippen molar-refractivity contribution in [3.8, 4) is 5.75 Å². The van der Waals surface area contributed by atoms with Gasteiger partial charge in [-0.1, -0.05) is 6.07 Å². The van der Waals surface area contributed by atoms with Gasteiger partial charge in [-0.25, -0.2) is 8.42 Å². The van der Waals surface area contributed by atoms with Crippen LogP contribution in [0.15, 0.2) is 39.4 Å². The van der Waals surface area contributed by atoms with Crippen molar-refractivity contribution in [1.29, 1.82) is 0 Å². The number of fused-ring (bicyclic) bond motifs is 1. The van der Waals surface area contributed by atoms with Gasteiger partial charge < -0.3 is 14.5 Å². The summed E-state index contributed by atoms with van der Waals surface area (Å²) in [6.07, 6.45) is 0.998. The van der Waals surface area contributed by atoms with E-state index in [4.69, 9.17) is 9.15 Å². The Kier molecular flexibility index (Phi) is 6.23. The molecule has 2 aromatic rings. The molecule has 0 fully saturated rings. The van der Waals surface area contributed by atoms with Crippen LogP contribution in [0.4, 0.5) is 0 Å². The molecular formula is C18H21BrN2O5S. The zero-order valence-corrected chi connectivity index (χ0v) is 17.3. The largest absolute Gasteiger partial charge is 0.497 e. The van der Waals surface area contributed by atoms with Gasteiger partial charge in [-0.3, -0.25) is 4.79 Å². The zero-order chi connectivity index (χ0) is 19.4. The van der Waals surface area contributed by atoms with Crippen molar-refractivity contribution < 1.29 is 22.4 Å². The van der Waals surface area contributed by atoms with E-state index in [2.05, 4.69) is 21.2 Å². The highest BCUT2D eigenvalue weighted by Gasteiger charge is 2.26. The average Bonchev–Trinajstić information content (AvgIpc) is 3.10. The van der Waals surface area contributed by atoms with Crippen molar-refractivity contribution >= 4 is 31.9 Å². The van der Waals surface area contributed by atoms with E-state index in [-0.39, 0.29) is 24.0 Å². The molecule has 0 atom stereocenters. The zero-order valence-electron chi connectivity index (χ0n) is 14.9. The summed E-state index contributed by atoms with van der Waals surface area (Å²) >= 11 is 3.13. The number of carbonyl (C=O) groups is 1. The van der Waals surface area contributed by atoms with Gasteiger partial charge in [0.2, 0.25) is 10.0 Å². The molecule has 0 bridgehead atoms. The van der Waals surface area contributed by atoms with Gasteiger partial charge in [0.1, 0.15) is 5.75 Å². The molecule has 3 rings (SSSR count). The van der Waals surface area contributed by atoms with Crippen LogP contribution in [-0.4, -0.2) is 44.6 Å². The number of furan rings is 1. The molecule has 0 saturated carbocycles. The van der Waals surface area contributed by atoms with E-state index < -0.39 is 10.0 Å². The number of hydrogen-bond acceptors (Lipinski definition) is 5. The van der Waals surface area contributed by atoms with E-state index >= 15 is 0 Å². The lowest BCUT2D eigenvalue weighted by Crippen LogP contribution is -2.38. The molecular weight excluding hydrogens is 436 g/mol. The first-order chi connectivity index (χ1) is 12.9. The minimum Gasteiger partial charge on any atom is -0.497 e. The van der Waals surface area contributed by atoms with Gasteiger partial charge in [0.25, 0.3) is 5.91 Å². The number of nitrogens with one attached hydrogen (secondary N) is 1. The molecule has 2 heterocycles. The summed E-state index contributed by atoms with van der Waals surface area (Å²) in [5.74, 6) is 0.594. The summed E-state index contributed by atoms with van der Waals surface area (Å²) in [6.45, 7) is 1.09. The van der Waals surface area contributed by atoms with Crippen molar-refractivity contribution in [1.82, 2.24) is 9.62 Å². The summed E-state index contributed by atoms with van der Waals surface area (Å²) in [4.78, 5) is 11.9. The normalized spacial score (nSPS) is 14.6. The van der Waals surface area contributed by atoms with Crippen molar-refractivity contribution in [2.45, 2.75) is 19.4 Å². The predicted molar refractivity (Wildman–Crippen MR) is 104 cm³/mol. The minimum absolute atomic E-state index is 0.0133. The van der Waals surface area contributed by atoms with Crippen LogP contribution >= 0.6 is 15.9 Å². The third-order valence-corrected chi connectivity index (χ3v) is 6.77. The molecule has 7 nitrogen and oxygen atoms in total. The van der Waals surface area contributed by atoms with Crippen molar-refractivity contribution in [3.05, 3.63) is 51.9 Å². The number of sulfonamides is 1. The second kappa shape index (κ2) is 8.45. The highest BCUT2D eigenvalue weighted by Crippen LogP contribution is 2.25. The van der Waals surface area contributed by atoms with Crippen molar-refractivity contribution in [2.24, 2.45) is 0 Å². The van der Waals surface area contributed by atoms with E-state index in [1.807, 2.05) is 18.2 Å². The van der Waals surface area contributed by atoms with Crippen LogP contribution < -0.4 is 10.1 Å². The van der Waals surface area contributed by atoms with E-state index in [9.17, 15) is 13.2 Å². The molecule has 0 aliphatic carbocycles. The van der Waals surface area contributed by atoms with Gasteiger partial charge in [-0.05, 0) is 64.2 Å². The van der Waals surface area contributed by atoms with Crippen LogP contribution in [0.3, 0.4) is 0 Å². The quantitative estimate of drug-likeness (QED) is 0.646. The van der Waals surface area contributed by atoms with Crippen LogP contribution in [-0.2, 0) is 23.0 Å². The van der Waals surface area contributed by atoms with Gasteiger partial charge in [-0.2, -0.15) is 4.31 Å². The first-order valence-corrected chi connectivity index (χ1v) is 11.0. The maximum absolute atomic E-state index is 12.6. The van der Waals surface area contributed by atoms with Crippen LogP contribution in [0.1, 0.15) is 28.1 Å². The molecule has 1 aliphatic rings. The molecule has 0 unspecified atom stereocenters. The molecule has 1 amide bonds. The molecule has 1 N–H and O–H groups in total. The number of amides is 1. The number of ether oxygens (including phenoxy) is 1. The fraction of sp³-hybridized carbons (Fsp3) is 0.389. The molecule has 0 saturated heterocycles. The monoisotopic (exact) mass is 456 g/mol. The van der Waals surface area contributed by atoms with E-state index in [0.717, 1.165) is 16.9 Å². The Morgan fingerprint density at radius 3 is 2.81 bits per heavy atom. The highest BCUT2D eigenvalue weighted by molar-refractivity contribution is 9.10. The first-order valence-electron chi connectivity index (χ1n) is 8.56. The number of carbonyl (C=O) groups excluding carboxylic acids is 1. The van der Waals surface area contributed by atoms with Gasteiger partial charge in [0, 0.05) is 19.6 Å². The van der Waals surface area contributed by atoms with Gasteiger partial charge in [0.15, 0.2) is 10.4 Å². The average molecular weight is 457 g/mol. The van der Waals surface area contributed by atoms with Crippen LogP contribution in [0.2, 0.25) is 0 Å². The Morgan fingerprint density at radius 1 is 1.30 bits per heavy atom. The summed E-state index contributed by atoms with van der Waals surface area (Å²) in [7, 11) is -1.76. The molecule has 1 aromatic heterocycles. The second-order valence-corrected chi connectivity index (χ2v) is 9.12. The fourth-order valence-electron chi connectivity index (χ4n) is 2.98. The summed E-state index contributed by atoms with van der Waals surface area (Å²) in [5, 5.41) is 2.67. The summed E-state index contributed by atoms with van der Waals surface area (Å²) < 4.78 is 37.6. The number of halogens is 1. The van der Waals surface area contributed by atoms with Crippen LogP contribution in [0.25, 0.3) is 0 Å². The lowest BCUT2D eigenvalue weighted by molar-refractivity contribution is 0.0924. The Labute approximate surface area is 166 Å². The minimum atomic E-state index is -3.38. The Morgan fingerprint density at radius 2 is 2.11 bits per heavy atom. The highest BCUT2D eigenvalue weighted by atomic mass is 79.9. The SMILES string of the molecule is COc1ccc2c(c1)CCN(S(=O)(=O)CCCNC(=O)c1ccc(Br)o1)C2. The Hall–Kier alpha value is -1.84. The third-order valence-electron chi connectivity index (χ3n) is 4.45. The summed E-state index contributed by atoms with van der Waals surface area (Å²) in [5.41, 5.74) is 2.12. The molecule has 0 radical (unpaired) electrons. The Bertz CT molecular complexity index is 926. The second-order valence-electron chi connectivity index (χ2n) is 6.25. The maximum atomic E-state index is 12.6.